The number of phenols is 1. The molecular formula is C11H11NO4S. The third kappa shape index (κ3) is 1.95. The van der Waals surface area contributed by atoms with Gasteiger partial charge in [-0.25, -0.2) is 4.90 Å². The molecule has 1 unspecified atom stereocenters. The van der Waals surface area contributed by atoms with Crippen molar-refractivity contribution in [2.45, 2.75) is 11.7 Å². The van der Waals surface area contributed by atoms with Crippen LogP contribution in [-0.2, 0) is 9.59 Å². The molecule has 1 N–H and O–H groups in total. The summed E-state index contributed by atoms with van der Waals surface area (Å²) in [6.45, 7) is 0. The zero-order valence-electron chi connectivity index (χ0n) is 9.08. The van der Waals surface area contributed by atoms with Crippen LogP contribution in [0.25, 0.3) is 0 Å². The number of phenolic OH excluding ortho intramolecular Hbond substituents is 1. The molecule has 1 aliphatic rings. The van der Waals surface area contributed by atoms with Crippen molar-refractivity contribution in [3.63, 3.8) is 0 Å². The highest BCUT2D eigenvalue weighted by molar-refractivity contribution is 7.82. The molecule has 0 radical (unpaired) electrons. The van der Waals surface area contributed by atoms with Crippen LogP contribution in [0.2, 0.25) is 0 Å². The summed E-state index contributed by atoms with van der Waals surface area (Å²) < 4.78 is 5.06. The van der Waals surface area contributed by atoms with Gasteiger partial charge in [-0.2, -0.15) is 12.6 Å². The summed E-state index contributed by atoms with van der Waals surface area (Å²) in [6.07, 6.45) is 0.0563. The Labute approximate surface area is 103 Å². The molecule has 0 bridgehead atoms. The van der Waals surface area contributed by atoms with Gasteiger partial charge in [0.05, 0.1) is 18.0 Å². The normalized spacial score (nSPS) is 19.9. The summed E-state index contributed by atoms with van der Waals surface area (Å²) in [5.41, 5.74) is 0.249. The van der Waals surface area contributed by atoms with Gasteiger partial charge in [0, 0.05) is 12.5 Å². The van der Waals surface area contributed by atoms with Gasteiger partial charge in [-0.3, -0.25) is 9.59 Å². The Balaban J connectivity index is 2.49. The molecule has 1 aliphatic heterocycles. The Hall–Kier alpha value is -1.69. The maximum Gasteiger partial charge on any atom is 0.247 e. The van der Waals surface area contributed by atoms with Crippen molar-refractivity contribution in [1.82, 2.24) is 0 Å². The molecule has 1 heterocycles. The summed E-state index contributed by atoms with van der Waals surface area (Å²) in [5, 5.41) is 8.78. The van der Waals surface area contributed by atoms with Crippen molar-refractivity contribution >= 4 is 30.1 Å². The molecule has 2 rings (SSSR count). The number of rotatable bonds is 2. The van der Waals surface area contributed by atoms with Crippen molar-refractivity contribution in [1.29, 1.82) is 0 Å². The highest BCUT2D eigenvalue weighted by atomic mass is 32.1. The lowest BCUT2D eigenvalue weighted by atomic mass is 10.2. The number of nitrogens with zero attached hydrogens (tertiary/aromatic N) is 1. The van der Waals surface area contributed by atoms with Crippen LogP contribution in [0.1, 0.15) is 6.42 Å². The molecule has 2 amide bonds. The molecule has 1 aromatic rings. The Kier molecular flexibility index (Phi) is 2.97. The Morgan fingerprint density at radius 2 is 2.18 bits per heavy atom. The summed E-state index contributed by atoms with van der Waals surface area (Å²) >= 11 is 4.03. The van der Waals surface area contributed by atoms with E-state index in [9.17, 15) is 14.7 Å². The van der Waals surface area contributed by atoms with Gasteiger partial charge < -0.3 is 9.84 Å². The number of anilines is 1. The summed E-state index contributed by atoms with van der Waals surface area (Å²) in [5.74, 6) is -0.433. The second kappa shape index (κ2) is 4.29. The second-order valence-electron chi connectivity index (χ2n) is 3.64. The van der Waals surface area contributed by atoms with Crippen molar-refractivity contribution in [3.8, 4) is 11.5 Å². The first kappa shape index (κ1) is 11.8. The smallest absolute Gasteiger partial charge is 0.247 e. The number of aromatic hydroxyl groups is 1. The van der Waals surface area contributed by atoms with Gasteiger partial charge in [0.1, 0.15) is 11.5 Å². The van der Waals surface area contributed by atoms with Crippen molar-refractivity contribution in [2.24, 2.45) is 0 Å². The molecule has 0 aliphatic carbocycles. The summed E-state index contributed by atoms with van der Waals surface area (Å²) in [4.78, 5) is 24.5. The molecule has 90 valence electrons. The maximum absolute atomic E-state index is 11.8. The number of imide groups is 1. The lowest BCUT2D eigenvalue weighted by molar-refractivity contribution is -0.121. The molecule has 1 atom stereocenters. The quantitative estimate of drug-likeness (QED) is 0.608. The number of hydrogen-bond acceptors (Lipinski definition) is 5. The van der Waals surface area contributed by atoms with Gasteiger partial charge >= 0.3 is 0 Å². The summed E-state index contributed by atoms with van der Waals surface area (Å²) in [6, 6.07) is 4.24. The third-order valence-electron chi connectivity index (χ3n) is 2.53. The van der Waals surface area contributed by atoms with Crippen molar-refractivity contribution < 1.29 is 19.4 Å². The molecule has 1 aromatic carbocycles. The zero-order valence-corrected chi connectivity index (χ0v) is 9.98. The van der Waals surface area contributed by atoms with Gasteiger partial charge in [-0.05, 0) is 12.1 Å². The number of benzene rings is 1. The van der Waals surface area contributed by atoms with Crippen LogP contribution in [0.15, 0.2) is 18.2 Å². The topological polar surface area (TPSA) is 66.8 Å². The van der Waals surface area contributed by atoms with Crippen molar-refractivity contribution in [2.75, 3.05) is 12.0 Å². The van der Waals surface area contributed by atoms with Gasteiger partial charge in [0.2, 0.25) is 11.8 Å². The van der Waals surface area contributed by atoms with Crippen molar-refractivity contribution in [3.05, 3.63) is 18.2 Å². The van der Waals surface area contributed by atoms with Crippen LogP contribution in [-0.4, -0.2) is 29.3 Å². The Morgan fingerprint density at radius 3 is 2.71 bits per heavy atom. The molecule has 5 nitrogen and oxygen atoms in total. The first-order chi connectivity index (χ1) is 8.04. The van der Waals surface area contributed by atoms with Crippen LogP contribution in [0.5, 0.6) is 11.5 Å². The third-order valence-corrected chi connectivity index (χ3v) is 2.93. The fraction of sp³-hybridized carbons (Fsp3) is 0.273. The van der Waals surface area contributed by atoms with E-state index in [0.717, 1.165) is 4.90 Å². The Morgan fingerprint density at radius 1 is 1.47 bits per heavy atom. The summed E-state index contributed by atoms with van der Waals surface area (Å²) in [7, 11) is 1.43. The predicted molar refractivity (Wildman–Crippen MR) is 64.5 cm³/mol. The van der Waals surface area contributed by atoms with E-state index in [-0.39, 0.29) is 23.8 Å². The number of hydrogen-bond donors (Lipinski definition) is 2. The van der Waals surface area contributed by atoms with Gasteiger partial charge in [-0.1, -0.05) is 0 Å². The maximum atomic E-state index is 11.8. The minimum Gasteiger partial charge on any atom is -0.508 e. The van der Waals surface area contributed by atoms with Crippen LogP contribution < -0.4 is 9.64 Å². The largest absolute Gasteiger partial charge is 0.508 e. The molecule has 0 spiro atoms. The molecule has 1 saturated heterocycles. The Bertz CT molecular complexity index is 488. The average molecular weight is 253 g/mol. The molecule has 17 heavy (non-hydrogen) atoms. The van der Waals surface area contributed by atoms with Crippen LogP contribution >= 0.6 is 12.6 Å². The number of ether oxygens (including phenoxy) is 1. The minimum atomic E-state index is -0.630. The molecule has 6 heteroatoms. The SMILES string of the molecule is COc1ccc(O)cc1N1C(=O)CC(S)C1=O. The van der Waals surface area contributed by atoms with Crippen LogP contribution in [0.3, 0.4) is 0 Å². The lowest BCUT2D eigenvalue weighted by Crippen LogP contribution is -2.31. The number of carbonyl (C=O) groups is 2. The van der Waals surface area contributed by atoms with E-state index in [1.54, 1.807) is 0 Å². The van der Waals surface area contributed by atoms with E-state index >= 15 is 0 Å². The second-order valence-corrected chi connectivity index (χ2v) is 4.27. The molecule has 1 fully saturated rings. The number of amides is 2. The first-order valence-electron chi connectivity index (χ1n) is 4.96. The van der Waals surface area contributed by atoms with E-state index in [0.29, 0.717) is 5.75 Å². The van der Waals surface area contributed by atoms with Crippen LogP contribution in [0.4, 0.5) is 5.69 Å². The van der Waals surface area contributed by atoms with E-state index < -0.39 is 11.2 Å². The van der Waals surface area contributed by atoms with E-state index in [1.807, 2.05) is 0 Å². The monoisotopic (exact) mass is 253 g/mol. The number of carbonyl (C=O) groups excluding carboxylic acids is 2. The van der Waals surface area contributed by atoms with Crippen LogP contribution in [0, 0.1) is 0 Å². The minimum absolute atomic E-state index is 0.0379. The van der Waals surface area contributed by atoms with Gasteiger partial charge in [0.15, 0.2) is 0 Å². The lowest BCUT2D eigenvalue weighted by Gasteiger charge is -2.17. The predicted octanol–water partition coefficient (Wildman–Crippen LogP) is 0.962. The fourth-order valence-electron chi connectivity index (χ4n) is 1.72. The molecular weight excluding hydrogens is 242 g/mol. The fourth-order valence-corrected chi connectivity index (χ4v) is 1.99. The van der Waals surface area contributed by atoms with Gasteiger partial charge in [-0.15, -0.1) is 0 Å². The highest BCUT2D eigenvalue weighted by Gasteiger charge is 2.38. The van der Waals surface area contributed by atoms with E-state index in [4.69, 9.17) is 4.74 Å². The number of methoxy groups -OCH3 is 1. The highest BCUT2D eigenvalue weighted by Crippen LogP contribution is 2.35. The standard InChI is InChI=1S/C11H11NO4S/c1-16-8-3-2-6(13)4-7(8)12-10(14)5-9(17)11(12)15/h2-4,9,13,17H,5H2,1H3. The zero-order chi connectivity index (χ0) is 12.6. The van der Waals surface area contributed by atoms with E-state index in [2.05, 4.69) is 12.6 Å². The van der Waals surface area contributed by atoms with Gasteiger partial charge in [0.25, 0.3) is 0 Å². The van der Waals surface area contributed by atoms with E-state index in [1.165, 1.54) is 25.3 Å². The molecule has 0 saturated carbocycles. The number of thiol groups is 1. The average Bonchev–Trinajstić information content (AvgIpc) is 2.53. The first-order valence-corrected chi connectivity index (χ1v) is 5.48. The molecule has 0 aromatic heterocycles.